The van der Waals surface area contributed by atoms with Gasteiger partial charge in [0.05, 0.1) is 10.1 Å². The second-order valence-electron chi connectivity index (χ2n) is 4.34. The van der Waals surface area contributed by atoms with E-state index in [1.807, 2.05) is 12.1 Å². The lowest BCUT2D eigenvalue weighted by Gasteiger charge is -2.27. The Bertz CT molecular complexity index is 472. The molecule has 112 valence electrons. The number of carbonyl (C=O) groups excluding carboxylic acids is 1. The van der Waals surface area contributed by atoms with E-state index in [1.54, 1.807) is 13.8 Å². The van der Waals surface area contributed by atoms with Gasteiger partial charge in [-0.25, -0.2) is 4.79 Å². The number of rotatable bonds is 8. The topological polar surface area (TPSA) is 66.4 Å². The van der Waals surface area contributed by atoms with Crippen LogP contribution in [-0.4, -0.2) is 28.3 Å². The van der Waals surface area contributed by atoms with Crippen LogP contribution < -0.4 is 5.32 Å². The molecular weight excluding hydrogens is 318 g/mol. The standard InChI is InChI=1S/C13H18ClNO3S2/c1-3-13(4-2,12(17)18)15-11(16)8-19-7-9-5-6-10(14)20-9/h5-6H,3-4,7-8H2,1-2H3,(H,15,16)(H,17,18). The van der Waals surface area contributed by atoms with Crippen LogP contribution in [0.5, 0.6) is 0 Å². The Morgan fingerprint density at radius 1 is 1.40 bits per heavy atom. The van der Waals surface area contributed by atoms with Gasteiger partial charge in [0.25, 0.3) is 0 Å². The van der Waals surface area contributed by atoms with E-state index in [0.29, 0.717) is 18.6 Å². The molecule has 0 saturated carbocycles. The smallest absolute Gasteiger partial charge is 0.329 e. The minimum Gasteiger partial charge on any atom is -0.480 e. The molecular formula is C13H18ClNO3S2. The molecule has 0 saturated heterocycles. The van der Waals surface area contributed by atoms with Gasteiger partial charge >= 0.3 is 5.97 Å². The molecule has 0 aliphatic rings. The molecule has 0 bridgehead atoms. The summed E-state index contributed by atoms with van der Waals surface area (Å²) in [5.74, 6) is -0.289. The van der Waals surface area contributed by atoms with Gasteiger partial charge in [0, 0.05) is 10.6 Å². The summed E-state index contributed by atoms with van der Waals surface area (Å²) in [6, 6.07) is 3.75. The van der Waals surface area contributed by atoms with Crippen molar-refractivity contribution in [3.05, 3.63) is 21.3 Å². The molecule has 20 heavy (non-hydrogen) atoms. The third-order valence-corrected chi connectivity index (χ3v) is 5.50. The van der Waals surface area contributed by atoms with Gasteiger partial charge in [-0.05, 0) is 25.0 Å². The van der Waals surface area contributed by atoms with Crippen molar-refractivity contribution in [2.45, 2.75) is 38.0 Å². The van der Waals surface area contributed by atoms with Crippen LogP contribution in [0.1, 0.15) is 31.6 Å². The second kappa shape index (κ2) is 7.90. The van der Waals surface area contributed by atoms with Crippen molar-refractivity contribution in [2.24, 2.45) is 0 Å². The number of carbonyl (C=O) groups is 2. The molecule has 7 heteroatoms. The summed E-state index contributed by atoms with van der Waals surface area (Å²) in [4.78, 5) is 24.2. The van der Waals surface area contributed by atoms with E-state index in [-0.39, 0.29) is 11.7 Å². The summed E-state index contributed by atoms with van der Waals surface area (Å²) in [6.45, 7) is 3.53. The third-order valence-electron chi connectivity index (χ3n) is 3.10. The lowest BCUT2D eigenvalue weighted by Crippen LogP contribution is -2.54. The first kappa shape index (κ1) is 17.3. The average molecular weight is 336 g/mol. The Labute approximate surface area is 131 Å². The Hall–Kier alpha value is -0.720. The molecule has 0 aromatic carbocycles. The number of nitrogens with one attached hydrogen (secondary N) is 1. The molecule has 4 nitrogen and oxygen atoms in total. The van der Waals surface area contributed by atoms with E-state index < -0.39 is 11.5 Å². The van der Waals surface area contributed by atoms with Crippen LogP contribution in [0.25, 0.3) is 0 Å². The lowest BCUT2D eigenvalue weighted by atomic mass is 9.93. The van der Waals surface area contributed by atoms with E-state index in [4.69, 9.17) is 11.6 Å². The number of amides is 1. The van der Waals surface area contributed by atoms with Crippen molar-refractivity contribution >= 4 is 46.6 Å². The van der Waals surface area contributed by atoms with Gasteiger partial charge in [-0.15, -0.1) is 23.1 Å². The van der Waals surface area contributed by atoms with Crippen LogP contribution >= 0.6 is 34.7 Å². The Balaban J connectivity index is 2.44. The number of halogens is 1. The number of carboxylic acids is 1. The summed E-state index contributed by atoms with van der Waals surface area (Å²) in [5, 5.41) is 11.9. The summed E-state index contributed by atoms with van der Waals surface area (Å²) in [5.41, 5.74) is -1.15. The molecule has 1 aromatic heterocycles. The minimum absolute atomic E-state index is 0.241. The highest BCUT2D eigenvalue weighted by Gasteiger charge is 2.36. The molecule has 0 radical (unpaired) electrons. The quantitative estimate of drug-likeness (QED) is 0.764. The van der Waals surface area contributed by atoms with Crippen LogP contribution in [0.2, 0.25) is 4.34 Å². The Kier molecular flexibility index (Phi) is 6.85. The first-order chi connectivity index (χ1) is 9.43. The van der Waals surface area contributed by atoms with Crippen LogP contribution in [0.3, 0.4) is 0 Å². The summed E-state index contributed by atoms with van der Waals surface area (Å²) < 4.78 is 0.729. The minimum atomic E-state index is -1.15. The molecule has 1 aromatic rings. The van der Waals surface area contributed by atoms with E-state index in [0.717, 1.165) is 9.21 Å². The third kappa shape index (κ3) is 4.68. The van der Waals surface area contributed by atoms with E-state index in [2.05, 4.69) is 5.32 Å². The zero-order valence-electron chi connectivity index (χ0n) is 11.4. The maximum atomic E-state index is 11.9. The number of hydrogen-bond donors (Lipinski definition) is 2. The molecule has 0 spiro atoms. The predicted molar refractivity (Wildman–Crippen MR) is 84.6 cm³/mol. The fourth-order valence-corrected chi connectivity index (χ4v) is 3.78. The molecule has 1 amide bonds. The van der Waals surface area contributed by atoms with Crippen molar-refractivity contribution in [1.82, 2.24) is 5.32 Å². The zero-order valence-corrected chi connectivity index (χ0v) is 13.8. The van der Waals surface area contributed by atoms with Crippen LogP contribution in [0.15, 0.2) is 12.1 Å². The average Bonchev–Trinajstić information content (AvgIpc) is 2.81. The van der Waals surface area contributed by atoms with Gasteiger partial charge in [0.2, 0.25) is 5.91 Å². The molecule has 0 aliphatic heterocycles. The first-order valence-electron chi connectivity index (χ1n) is 6.30. The number of aliphatic carboxylic acids is 1. The summed E-state index contributed by atoms with van der Waals surface area (Å²) >= 11 is 8.76. The normalized spacial score (nSPS) is 11.3. The van der Waals surface area contributed by atoms with Crippen molar-refractivity contribution in [2.75, 3.05) is 5.75 Å². The maximum Gasteiger partial charge on any atom is 0.329 e. The largest absolute Gasteiger partial charge is 0.480 e. The SMILES string of the molecule is CCC(CC)(NC(=O)CSCc1ccc(Cl)s1)C(=O)O. The highest BCUT2D eigenvalue weighted by molar-refractivity contribution is 7.99. The van der Waals surface area contributed by atoms with Crippen LogP contribution in [0.4, 0.5) is 0 Å². The Morgan fingerprint density at radius 2 is 2.05 bits per heavy atom. The molecule has 0 atom stereocenters. The molecule has 0 unspecified atom stereocenters. The van der Waals surface area contributed by atoms with Crippen LogP contribution in [-0.2, 0) is 15.3 Å². The van der Waals surface area contributed by atoms with Gasteiger partial charge in [0.1, 0.15) is 5.54 Å². The Morgan fingerprint density at radius 3 is 2.50 bits per heavy atom. The molecule has 0 aliphatic carbocycles. The zero-order chi connectivity index (χ0) is 15.2. The van der Waals surface area contributed by atoms with E-state index >= 15 is 0 Å². The number of thiophene rings is 1. The van der Waals surface area contributed by atoms with Crippen molar-refractivity contribution in [3.8, 4) is 0 Å². The molecule has 0 fully saturated rings. The van der Waals surface area contributed by atoms with Gasteiger partial charge in [-0.1, -0.05) is 25.4 Å². The lowest BCUT2D eigenvalue weighted by molar-refractivity contribution is -0.147. The molecule has 1 rings (SSSR count). The summed E-state index contributed by atoms with van der Waals surface area (Å²) in [6.07, 6.45) is 0.742. The van der Waals surface area contributed by atoms with Gasteiger partial charge in [-0.2, -0.15) is 0 Å². The fourth-order valence-electron chi connectivity index (χ4n) is 1.76. The highest BCUT2D eigenvalue weighted by atomic mass is 35.5. The van der Waals surface area contributed by atoms with Crippen molar-refractivity contribution in [1.29, 1.82) is 0 Å². The number of carboxylic acid groups (broad SMARTS) is 1. The van der Waals surface area contributed by atoms with E-state index in [9.17, 15) is 14.7 Å². The van der Waals surface area contributed by atoms with Crippen LogP contribution in [0, 0.1) is 0 Å². The second-order valence-corrected chi connectivity index (χ2v) is 7.13. The van der Waals surface area contributed by atoms with Gasteiger partial charge in [0.15, 0.2) is 0 Å². The molecule has 2 N–H and O–H groups in total. The maximum absolute atomic E-state index is 11.9. The predicted octanol–water partition coefficient (Wildman–Crippen LogP) is 3.39. The van der Waals surface area contributed by atoms with Crippen molar-refractivity contribution < 1.29 is 14.7 Å². The summed E-state index contributed by atoms with van der Waals surface area (Å²) in [7, 11) is 0. The molecule has 1 heterocycles. The fraction of sp³-hybridized carbons (Fsp3) is 0.538. The number of hydrogen-bond acceptors (Lipinski definition) is 4. The van der Waals surface area contributed by atoms with Crippen molar-refractivity contribution in [3.63, 3.8) is 0 Å². The monoisotopic (exact) mass is 335 g/mol. The highest BCUT2D eigenvalue weighted by Crippen LogP contribution is 2.25. The number of thioether (sulfide) groups is 1. The first-order valence-corrected chi connectivity index (χ1v) is 8.64. The van der Waals surface area contributed by atoms with Gasteiger partial charge < -0.3 is 10.4 Å². The van der Waals surface area contributed by atoms with Gasteiger partial charge in [-0.3, -0.25) is 4.79 Å². The van der Waals surface area contributed by atoms with E-state index in [1.165, 1.54) is 23.1 Å².